The number of aryl methyl sites for hydroxylation is 1. The first kappa shape index (κ1) is 21.1. The summed E-state index contributed by atoms with van der Waals surface area (Å²) < 4.78 is 10.1. The van der Waals surface area contributed by atoms with Crippen molar-refractivity contribution in [3.05, 3.63) is 23.4 Å². The first-order chi connectivity index (χ1) is 12.9. The van der Waals surface area contributed by atoms with Crippen molar-refractivity contribution in [3.63, 3.8) is 0 Å². The molecule has 1 N–H and O–H groups in total. The van der Waals surface area contributed by atoms with E-state index in [4.69, 9.17) is 9.26 Å². The predicted molar refractivity (Wildman–Crippen MR) is 103 cm³/mol. The summed E-state index contributed by atoms with van der Waals surface area (Å²) in [5.41, 5.74) is 0. The van der Waals surface area contributed by atoms with Crippen molar-refractivity contribution in [2.75, 3.05) is 6.61 Å². The van der Waals surface area contributed by atoms with E-state index in [1.807, 2.05) is 24.4 Å². The molecule has 1 unspecified atom stereocenters. The van der Waals surface area contributed by atoms with Crippen molar-refractivity contribution in [3.8, 4) is 10.7 Å². The number of hydrogen-bond donors (Lipinski definition) is 1. The molecule has 1 atom stereocenters. The van der Waals surface area contributed by atoms with Crippen molar-refractivity contribution >= 4 is 23.2 Å². The van der Waals surface area contributed by atoms with Gasteiger partial charge in [-0.15, -0.1) is 11.3 Å². The fourth-order valence-corrected chi connectivity index (χ4v) is 3.16. The molecule has 0 aliphatic heterocycles. The molecule has 1 amide bonds. The second-order valence-corrected chi connectivity index (χ2v) is 7.89. The lowest BCUT2D eigenvalue weighted by molar-refractivity contribution is -0.148. The molecule has 0 saturated carbocycles. The lowest BCUT2D eigenvalue weighted by atomic mass is 10.0. The number of ether oxygens (including phenoxy) is 1. The van der Waals surface area contributed by atoms with Crippen LogP contribution < -0.4 is 5.32 Å². The maximum Gasteiger partial charge on any atom is 0.306 e. The molecule has 27 heavy (non-hydrogen) atoms. The topological polar surface area (TPSA) is 94.3 Å². The van der Waals surface area contributed by atoms with Crippen LogP contribution >= 0.6 is 11.3 Å². The van der Waals surface area contributed by atoms with Gasteiger partial charge >= 0.3 is 5.97 Å². The largest absolute Gasteiger partial charge is 0.456 e. The predicted octanol–water partition coefficient (Wildman–Crippen LogP) is 3.60. The van der Waals surface area contributed by atoms with Gasteiger partial charge in [0.1, 0.15) is 0 Å². The third-order valence-electron chi connectivity index (χ3n) is 3.94. The number of nitrogens with zero attached hydrogens (tertiary/aromatic N) is 2. The Bertz CT molecular complexity index is 712. The van der Waals surface area contributed by atoms with E-state index in [9.17, 15) is 9.59 Å². The Kier molecular flexibility index (Phi) is 8.44. The van der Waals surface area contributed by atoms with E-state index >= 15 is 0 Å². The zero-order chi connectivity index (χ0) is 19.6. The van der Waals surface area contributed by atoms with Crippen LogP contribution in [0.5, 0.6) is 0 Å². The first-order valence-corrected chi connectivity index (χ1v) is 10.1. The minimum Gasteiger partial charge on any atom is -0.456 e. The molecule has 0 bridgehead atoms. The summed E-state index contributed by atoms with van der Waals surface area (Å²) in [5, 5.41) is 8.66. The molecule has 0 aliphatic rings. The SMILES string of the molecule is CC(C)CCCC(C)NC(=O)COC(=O)CCc1nc(-c2cccs2)no1. The van der Waals surface area contributed by atoms with E-state index in [-0.39, 0.29) is 31.4 Å². The standard InChI is InChI=1S/C19H27N3O4S/c1-13(2)6-4-7-14(3)20-16(23)12-25-18(24)10-9-17-21-19(22-26-17)15-8-5-11-27-15/h5,8,11,13-14H,4,6-7,9-10,12H2,1-3H3,(H,20,23). The van der Waals surface area contributed by atoms with E-state index in [1.165, 1.54) is 11.3 Å². The fourth-order valence-electron chi connectivity index (χ4n) is 2.51. The molecule has 0 saturated heterocycles. The van der Waals surface area contributed by atoms with Gasteiger partial charge in [0.05, 0.1) is 11.3 Å². The summed E-state index contributed by atoms with van der Waals surface area (Å²) in [7, 11) is 0. The average molecular weight is 394 g/mol. The third kappa shape index (κ3) is 7.90. The second kappa shape index (κ2) is 10.8. The summed E-state index contributed by atoms with van der Waals surface area (Å²) >= 11 is 1.51. The van der Waals surface area contributed by atoms with E-state index < -0.39 is 5.97 Å². The Hall–Kier alpha value is -2.22. The van der Waals surface area contributed by atoms with Gasteiger partial charge in [-0.05, 0) is 30.7 Å². The number of thiophene rings is 1. The van der Waals surface area contributed by atoms with Crippen LogP contribution in [0.25, 0.3) is 10.7 Å². The van der Waals surface area contributed by atoms with Crippen molar-refractivity contribution in [1.82, 2.24) is 15.5 Å². The molecular weight excluding hydrogens is 366 g/mol. The van der Waals surface area contributed by atoms with Crippen LogP contribution in [0.1, 0.15) is 52.3 Å². The van der Waals surface area contributed by atoms with Gasteiger partial charge in [-0.2, -0.15) is 4.98 Å². The molecule has 0 aromatic carbocycles. The molecule has 7 nitrogen and oxygen atoms in total. The molecule has 0 radical (unpaired) electrons. The highest BCUT2D eigenvalue weighted by Gasteiger charge is 2.14. The van der Waals surface area contributed by atoms with Crippen molar-refractivity contribution in [1.29, 1.82) is 0 Å². The van der Waals surface area contributed by atoms with Gasteiger partial charge in [-0.3, -0.25) is 9.59 Å². The van der Waals surface area contributed by atoms with Gasteiger partial charge in [0.2, 0.25) is 11.7 Å². The molecule has 0 aliphatic carbocycles. The van der Waals surface area contributed by atoms with E-state index in [0.29, 0.717) is 17.6 Å². The maximum absolute atomic E-state index is 11.8. The maximum atomic E-state index is 11.8. The number of rotatable bonds is 11. The summed E-state index contributed by atoms with van der Waals surface area (Å²) in [4.78, 5) is 28.8. The smallest absolute Gasteiger partial charge is 0.306 e. The van der Waals surface area contributed by atoms with E-state index in [0.717, 1.165) is 24.1 Å². The van der Waals surface area contributed by atoms with Gasteiger partial charge in [-0.25, -0.2) is 0 Å². The molecule has 2 aromatic rings. The van der Waals surface area contributed by atoms with Crippen LogP contribution in [0.2, 0.25) is 0 Å². The summed E-state index contributed by atoms with van der Waals surface area (Å²) in [5.74, 6) is 0.804. The Morgan fingerprint density at radius 2 is 2.11 bits per heavy atom. The second-order valence-electron chi connectivity index (χ2n) is 6.94. The fraction of sp³-hybridized carbons (Fsp3) is 0.579. The number of aromatic nitrogens is 2. The number of esters is 1. The minimum absolute atomic E-state index is 0.0732. The highest BCUT2D eigenvalue weighted by molar-refractivity contribution is 7.13. The summed E-state index contributed by atoms with van der Waals surface area (Å²) in [6.45, 7) is 6.05. The zero-order valence-electron chi connectivity index (χ0n) is 16.1. The molecule has 0 spiro atoms. The van der Waals surface area contributed by atoms with Gasteiger partial charge in [-0.1, -0.05) is 37.9 Å². The van der Waals surface area contributed by atoms with E-state index in [2.05, 4.69) is 29.3 Å². The van der Waals surface area contributed by atoms with Crippen LogP contribution in [-0.4, -0.2) is 34.7 Å². The normalized spacial score (nSPS) is 12.1. The lowest BCUT2D eigenvalue weighted by Gasteiger charge is -2.14. The quantitative estimate of drug-likeness (QED) is 0.586. The van der Waals surface area contributed by atoms with Crippen LogP contribution in [0.15, 0.2) is 22.0 Å². The molecular formula is C19H27N3O4S. The lowest BCUT2D eigenvalue weighted by Crippen LogP contribution is -2.35. The Morgan fingerprint density at radius 3 is 2.81 bits per heavy atom. The van der Waals surface area contributed by atoms with Crippen LogP contribution in [0.4, 0.5) is 0 Å². The monoisotopic (exact) mass is 393 g/mol. The molecule has 2 heterocycles. The van der Waals surface area contributed by atoms with Gasteiger partial charge in [0, 0.05) is 12.5 Å². The zero-order valence-corrected chi connectivity index (χ0v) is 16.9. The molecule has 2 aromatic heterocycles. The summed E-state index contributed by atoms with van der Waals surface area (Å²) in [6, 6.07) is 3.88. The Morgan fingerprint density at radius 1 is 1.30 bits per heavy atom. The van der Waals surface area contributed by atoms with Crippen molar-refractivity contribution in [2.45, 2.75) is 58.9 Å². The first-order valence-electron chi connectivity index (χ1n) is 9.25. The molecule has 2 rings (SSSR count). The Labute approximate surface area is 163 Å². The van der Waals surface area contributed by atoms with Gasteiger partial charge < -0.3 is 14.6 Å². The number of amides is 1. The van der Waals surface area contributed by atoms with Crippen molar-refractivity contribution < 1.29 is 18.8 Å². The van der Waals surface area contributed by atoms with Crippen LogP contribution in [-0.2, 0) is 20.7 Å². The number of carbonyl (C=O) groups excluding carboxylic acids is 2. The summed E-state index contributed by atoms with van der Waals surface area (Å²) in [6.07, 6.45) is 3.49. The van der Waals surface area contributed by atoms with Crippen LogP contribution in [0.3, 0.4) is 0 Å². The molecule has 148 valence electrons. The highest BCUT2D eigenvalue weighted by Crippen LogP contribution is 2.21. The van der Waals surface area contributed by atoms with Gasteiger partial charge in [0.15, 0.2) is 6.61 Å². The minimum atomic E-state index is -0.464. The highest BCUT2D eigenvalue weighted by atomic mass is 32.1. The number of nitrogens with one attached hydrogen (secondary N) is 1. The molecule has 8 heteroatoms. The number of carbonyl (C=O) groups is 2. The van der Waals surface area contributed by atoms with Crippen molar-refractivity contribution in [2.24, 2.45) is 5.92 Å². The average Bonchev–Trinajstić information content (AvgIpc) is 3.29. The van der Waals surface area contributed by atoms with Crippen LogP contribution in [0, 0.1) is 5.92 Å². The molecule has 0 fully saturated rings. The third-order valence-corrected chi connectivity index (χ3v) is 4.81. The van der Waals surface area contributed by atoms with Gasteiger partial charge in [0.25, 0.3) is 5.91 Å². The number of hydrogen-bond acceptors (Lipinski definition) is 7. The van der Waals surface area contributed by atoms with E-state index in [1.54, 1.807) is 0 Å². The Balaban J connectivity index is 1.62.